The standard InChI is InChI=1S/C25H27ClFN7O2S/c1-28-11-17-2-5-22(29-24(17)27)32-8-6-16(7-9-32)25-31-30-23-13-33(20-14-37(35,36)15-20)12-18-10-19(26)3-4-21(18)34(23)25/h2-5,10-11,16,20H,6-9,12-15H2,1H3/b28-11-. The molecule has 0 N–H and O–H groups in total. The number of piperidine rings is 1. The molecule has 3 aliphatic rings. The van der Waals surface area contributed by atoms with Crippen LogP contribution < -0.4 is 4.90 Å². The van der Waals surface area contributed by atoms with Crippen molar-refractivity contribution < 1.29 is 12.8 Å². The molecule has 3 aliphatic heterocycles. The van der Waals surface area contributed by atoms with Crippen LogP contribution in [0.15, 0.2) is 35.3 Å². The van der Waals surface area contributed by atoms with Crippen LogP contribution in [0.25, 0.3) is 5.69 Å². The number of aliphatic imine (C=N–C) groups is 1. The maximum absolute atomic E-state index is 14.4. The molecule has 2 fully saturated rings. The molecule has 0 saturated carbocycles. The van der Waals surface area contributed by atoms with Crippen molar-refractivity contribution in [3.63, 3.8) is 0 Å². The third-order valence-electron chi connectivity index (χ3n) is 7.48. The number of nitrogens with zero attached hydrogens (tertiary/aromatic N) is 7. The molecular formula is C25H27ClFN7O2S. The lowest BCUT2D eigenvalue weighted by molar-refractivity contribution is 0.193. The lowest BCUT2D eigenvalue weighted by atomic mass is 9.95. The van der Waals surface area contributed by atoms with Gasteiger partial charge in [-0.3, -0.25) is 14.5 Å². The molecule has 3 aromatic rings. The first-order valence-electron chi connectivity index (χ1n) is 12.3. The zero-order chi connectivity index (χ0) is 25.7. The summed E-state index contributed by atoms with van der Waals surface area (Å²) in [6, 6.07) is 9.32. The van der Waals surface area contributed by atoms with E-state index in [1.807, 2.05) is 24.3 Å². The lowest BCUT2D eigenvalue weighted by Crippen LogP contribution is -2.52. The van der Waals surface area contributed by atoms with Crippen LogP contribution in [-0.2, 0) is 22.9 Å². The normalized spacial score (nSPS) is 20.5. The van der Waals surface area contributed by atoms with E-state index in [0.717, 1.165) is 48.8 Å². The fourth-order valence-corrected chi connectivity index (χ4v) is 7.23. The van der Waals surface area contributed by atoms with Gasteiger partial charge in [-0.2, -0.15) is 4.39 Å². The Bertz CT molecular complexity index is 1470. The Morgan fingerprint density at radius 3 is 2.59 bits per heavy atom. The van der Waals surface area contributed by atoms with Crippen molar-refractivity contribution >= 4 is 33.5 Å². The van der Waals surface area contributed by atoms with Gasteiger partial charge in [-0.1, -0.05) is 11.6 Å². The molecule has 0 aliphatic carbocycles. The molecule has 0 atom stereocenters. The molecule has 0 unspecified atom stereocenters. The monoisotopic (exact) mass is 543 g/mol. The summed E-state index contributed by atoms with van der Waals surface area (Å²) in [6.45, 7) is 2.57. The SMILES string of the molecule is C/N=C\c1ccc(N2CCC(c3nnc4n3-c3ccc(Cl)cc3CN(C3CS(=O)(=O)C3)C4)CC2)nc1F. The minimum Gasteiger partial charge on any atom is -0.356 e. The average molecular weight is 544 g/mol. The van der Waals surface area contributed by atoms with Gasteiger partial charge in [0.25, 0.3) is 0 Å². The van der Waals surface area contributed by atoms with Crippen molar-refractivity contribution in [1.82, 2.24) is 24.6 Å². The van der Waals surface area contributed by atoms with E-state index in [1.54, 1.807) is 13.1 Å². The third kappa shape index (κ3) is 4.64. The van der Waals surface area contributed by atoms with Gasteiger partial charge in [-0.25, -0.2) is 13.4 Å². The van der Waals surface area contributed by atoms with E-state index in [0.29, 0.717) is 29.5 Å². The predicted octanol–water partition coefficient (Wildman–Crippen LogP) is 3.00. The van der Waals surface area contributed by atoms with Crippen LogP contribution in [0.2, 0.25) is 5.02 Å². The molecule has 1 aromatic carbocycles. The van der Waals surface area contributed by atoms with Gasteiger partial charge in [-0.05, 0) is 48.7 Å². The highest BCUT2D eigenvalue weighted by molar-refractivity contribution is 7.92. The van der Waals surface area contributed by atoms with Gasteiger partial charge in [0.15, 0.2) is 15.7 Å². The molecule has 194 valence electrons. The highest BCUT2D eigenvalue weighted by Crippen LogP contribution is 2.35. The number of hydrogen-bond acceptors (Lipinski definition) is 8. The summed E-state index contributed by atoms with van der Waals surface area (Å²) in [5.74, 6) is 2.32. The van der Waals surface area contributed by atoms with E-state index in [4.69, 9.17) is 11.6 Å². The van der Waals surface area contributed by atoms with Crippen LogP contribution in [0, 0.1) is 5.95 Å². The Morgan fingerprint density at radius 1 is 1.11 bits per heavy atom. The summed E-state index contributed by atoms with van der Waals surface area (Å²) in [6.07, 6.45) is 3.12. The first-order valence-corrected chi connectivity index (χ1v) is 14.5. The molecule has 5 heterocycles. The lowest BCUT2D eigenvalue weighted by Gasteiger charge is -2.35. The molecule has 0 bridgehead atoms. The second kappa shape index (κ2) is 9.45. The van der Waals surface area contributed by atoms with E-state index in [1.165, 1.54) is 6.21 Å². The van der Waals surface area contributed by atoms with Gasteiger partial charge in [-0.15, -0.1) is 10.2 Å². The Morgan fingerprint density at radius 2 is 1.89 bits per heavy atom. The maximum atomic E-state index is 14.4. The van der Waals surface area contributed by atoms with E-state index < -0.39 is 15.8 Å². The summed E-state index contributed by atoms with van der Waals surface area (Å²) in [5.41, 5.74) is 2.40. The van der Waals surface area contributed by atoms with Gasteiger partial charge in [0.1, 0.15) is 11.6 Å². The van der Waals surface area contributed by atoms with E-state index in [2.05, 4.69) is 34.5 Å². The Kier molecular flexibility index (Phi) is 6.24. The molecule has 12 heteroatoms. The van der Waals surface area contributed by atoms with Crippen molar-refractivity contribution in [2.45, 2.75) is 37.9 Å². The Balaban J connectivity index is 1.26. The number of pyridine rings is 1. The van der Waals surface area contributed by atoms with Crippen molar-refractivity contribution in [1.29, 1.82) is 0 Å². The second-order valence-corrected chi connectivity index (χ2v) is 12.5. The number of benzene rings is 1. The molecule has 6 rings (SSSR count). The topological polar surface area (TPSA) is 96.6 Å². The second-order valence-electron chi connectivity index (χ2n) is 9.92. The summed E-state index contributed by atoms with van der Waals surface area (Å²) >= 11 is 6.35. The minimum atomic E-state index is -2.95. The van der Waals surface area contributed by atoms with E-state index in [9.17, 15) is 12.8 Å². The third-order valence-corrected chi connectivity index (χ3v) is 9.50. The Hall–Kier alpha value is -2.89. The molecule has 0 amide bonds. The molecule has 2 aromatic heterocycles. The Labute approximate surface area is 219 Å². The number of anilines is 1. The van der Waals surface area contributed by atoms with E-state index in [-0.39, 0.29) is 23.5 Å². The van der Waals surface area contributed by atoms with Crippen LogP contribution in [0.4, 0.5) is 10.2 Å². The molecular weight excluding hydrogens is 517 g/mol. The highest BCUT2D eigenvalue weighted by atomic mass is 35.5. The van der Waals surface area contributed by atoms with Crippen molar-refractivity contribution in [3.8, 4) is 5.69 Å². The van der Waals surface area contributed by atoms with Crippen molar-refractivity contribution in [3.05, 3.63) is 64.1 Å². The van der Waals surface area contributed by atoms with Gasteiger partial charge in [0, 0.05) is 55.4 Å². The van der Waals surface area contributed by atoms with Gasteiger partial charge < -0.3 is 4.90 Å². The zero-order valence-corrected chi connectivity index (χ0v) is 22.0. The van der Waals surface area contributed by atoms with Crippen LogP contribution in [0.3, 0.4) is 0 Å². The fourth-order valence-electron chi connectivity index (χ4n) is 5.54. The van der Waals surface area contributed by atoms with Crippen LogP contribution in [0.5, 0.6) is 0 Å². The van der Waals surface area contributed by atoms with Crippen molar-refractivity contribution in [2.75, 3.05) is 36.5 Å². The van der Waals surface area contributed by atoms with Crippen LogP contribution >= 0.6 is 11.6 Å². The number of halogens is 2. The number of rotatable bonds is 4. The quantitative estimate of drug-likeness (QED) is 0.368. The molecule has 37 heavy (non-hydrogen) atoms. The predicted molar refractivity (Wildman–Crippen MR) is 140 cm³/mol. The number of sulfone groups is 1. The maximum Gasteiger partial charge on any atom is 0.223 e. The average Bonchev–Trinajstić information content (AvgIpc) is 3.20. The summed E-state index contributed by atoms with van der Waals surface area (Å²) in [4.78, 5) is 12.3. The molecule has 9 nitrogen and oxygen atoms in total. The summed E-state index contributed by atoms with van der Waals surface area (Å²) in [5, 5.41) is 9.82. The first-order chi connectivity index (χ1) is 17.8. The van der Waals surface area contributed by atoms with Crippen molar-refractivity contribution in [2.24, 2.45) is 4.99 Å². The van der Waals surface area contributed by atoms with Gasteiger partial charge in [0.05, 0.1) is 23.7 Å². The van der Waals surface area contributed by atoms with Crippen LogP contribution in [-0.4, -0.2) is 77.0 Å². The number of fused-ring (bicyclic) bond motifs is 3. The molecule has 0 spiro atoms. The smallest absolute Gasteiger partial charge is 0.223 e. The van der Waals surface area contributed by atoms with Gasteiger partial charge in [0.2, 0.25) is 5.95 Å². The largest absolute Gasteiger partial charge is 0.356 e. The van der Waals surface area contributed by atoms with E-state index >= 15 is 0 Å². The summed E-state index contributed by atoms with van der Waals surface area (Å²) in [7, 11) is -1.35. The van der Waals surface area contributed by atoms with Crippen LogP contribution in [0.1, 0.15) is 41.5 Å². The number of hydrogen-bond donors (Lipinski definition) is 0. The zero-order valence-electron chi connectivity index (χ0n) is 20.4. The molecule has 2 saturated heterocycles. The highest BCUT2D eigenvalue weighted by Gasteiger charge is 2.40. The number of aromatic nitrogens is 4. The van der Waals surface area contributed by atoms with Gasteiger partial charge >= 0.3 is 0 Å². The fraction of sp³-hybridized carbons (Fsp3) is 0.440. The molecule has 0 radical (unpaired) electrons. The first kappa shape index (κ1) is 24.4. The summed E-state index contributed by atoms with van der Waals surface area (Å²) < 4.78 is 40.2. The minimum absolute atomic E-state index is 0.0327.